The van der Waals surface area contributed by atoms with E-state index in [0.29, 0.717) is 0 Å². The minimum absolute atomic E-state index is 1.08. The summed E-state index contributed by atoms with van der Waals surface area (Å²) in [5, 5.41) is 67.3. The molecular formula is C13H20O13. The zero-order chi connectivity index (χ0) is 19.8. The van der Waals surface area contributed by atoms with E-state index in [1.54, 1.807) is 0 Å². The van der Waals surface area contributed by atoms with Crippen molar-refractivity contribution in [2.24, 2.45) is 0 Å². The van der Waals surface area contributed by atoms with Gasteiger partial charge in [-0.3, -0.25) is 0 Å². The van der Waals surface area contributed by atoms with Crippen molar-refractivity contribution in [3.05, 3.63) is 0 Å². The zero-order valence-electron chi connectivity index (χ0n) is 13.4. The van der Waals surface area contributed by atoms with Gasteiger partial charge in [-0.2, -0.15) is 0 Å². The molecule has 0 aromatic rings. The Hall–Kier alpha value is -1.42. The van der Waals surface area contributed by atoms with Crippen molar-refractivity contribution in [1.82, 2.24) is 0 Å². The lowest BCUT2D eigenvalue weighted by Gasteiger charge is -2.44. The van der Waals surface area contributed by atoms with E-state index in [2.05, 4.69) is 4.74 Å². The van der Waals surface area contributed by atoms with Crippen LogP contribution in [0, 0.1) is 0 Å². The summed E-state index contributed by atoms with van der Waals surface area (Å²) in [7, 11) is 1.08. The molecule has 10 atom stereocenters. The average Bonchev–Trinajstić information content (AvgIpc) is 2.58. The van der Waals surface area contributed by atoms with Gasteiger partial charge in [0.05, 0.1) is 0 Å². The molecule has 2 heterocycles. The van der Waals surface area contributed by atoms with E-state index in [-0.39, 0.29) is 0 Å². The molecule has 13 nitrogen and oxygen atoms in total. The molecule has 0 bridgehead atoms. The van der Waals surface area contributed by atoms with Gasteiger partial charge in [0, 0.05) is 7.11 Å². The average molecular weight is 384 g/mol. The summed E-state index contributed by atoms with van der Waals surface area (Å²) in [6.45, 7) is 0. The lowest BCUT2D eigenvalue weighted by atomic mass is 9.96. The van der Waals surface area contributed by atoms with Crippen LogP contribution in [0.5, 0.6) is 0 Å². The molecule has 0 aromatic heterocycles. The first kappa shape index (κ1) is 20.9. The number of carboxylic acid groups (broad SMARTS) is 2. The first-order valence-electron chi connectivity index (χ1n) is 7.45. The van der Waals surface area contributed by atoms with E-state index in [9.17, 15) is 35.1 Å². The molecule has 13 heteroatoms. The molecule has 26 heavy (non-hydrogen) atoms. The first-order valence-corrected chi connectivity index (χ1v) is 7.45. The second-order valence-corrected chi connectivity index (χ2v) is 5.81. The van der Waals surface area contributed by atoms with Crippen LogP contribution in [-0.4, -0.2) is 116 Å². The molecule has 0 radical (unpaired) electrons. The Kier molecular flexibility index (Phi) is 6.49. The second-order valence-electron chi connectivity index (χ2n) is 5.81. The lowest BCUT2D eigenvalue weighted by Crippen LogP contribution is -2.65. The van der Waals surface area contributed by atoms with Crippen molar-refractivity contribution < 1.29 is 64.3 Å². The van der Waals surface area contributed by atoms with Crippen molar-refractivity contribution in [1.29, 1.82) is 0 Å². The Morgan fingerprint density at radius 3 is 1.77 bits per heavy atom. The molecule has 0 spiro atoms. The number of aliphatic hydroxyl groups excluding tert-OH is 5. The van der Waals surface area contributed by atoms with Crippen molar-refractivity contribution in [2.75, 3.05) is 7.11 Å². The van der Waals surface area contributed by atoms with Gasteiger partial charge in [0.2, 0.25) is 0 Å². The number of rotatable bonds is 5. The smallest absolute Gasteiger partial charge is 0.335 e. The summed E-state index contributed by atoms with van der Waals surface area (Å²) in [4.78, 5) is 22.5. The summed E-state index contributed by atoms with van der Waals surface area (Å²) >= 11 is 0. The molecule has 0 aromatic carbocycles. The topological polar surface area (TPSA) is 213 Å². The molecule has 2 rings (SSSR count). The van der Waals surface area contributed by atoms with Gasteiger partial charge in [-0.25, -0.2) is 9.59 Å². The zero-order valence-corrected chi connectivity index (χ0v) is 13.4. The van der Waals surface area contributed by atoms with Crippen LogP contribution in [0.15, 0.2) is 0 Å². The highest BCUT2D eigenvalue weighted by molar-refractivity contribution is 5.74. The Labute approximate surface area is 145 Å². The number of carbonyl (C=O) groups is 2. The standard InChI is InChI=1S/C13H20O13/c1-23-6-3(15)5(17)13(26-8(6)10(18)19)25-7-2(14)4(16)12(22)24-9(7)11(20)21/h2-9,12-17,22H,1H3,(H,18,19)(H,20,21)/t2-,3+,4-,5+,6-,7-,8?,9?,12-,13?/m1/s1. The van der Waals surface area contributed by atoms with Crippen molar-refractivity contribution in [3.8, 4) is 0 Å². The van der Waals surface area contributed by atoms with Crippen molar-refractivity contribution in [2.45, 2.75) is 61.4 Å². The van der Waals surface area contributed by atoms with Crippen molar-refractivity contribution in [3.63, 3.8) is 0 Å². The Morgan fingerprint density at radius 1 is 0.769 bits per heavy atom. The van der Waals surface area contributed by atoms with Gasteiger partial charge in [0.25, 0.3) is 0 Å². The van der Waals surface area contributed by atoms with Crippen LogP contribution in [0.2, 0.25) is 0 Å². The molecule has 150 valence electrons. The maximum absolute atomic E-state index is 11.3. The Morgan fingerprint density at radius 2 is 1.27 bits per heavy atom. The number of methoxy groups -OCH3 is 1. The van der Waals surface area contributed by atoms with E-state index in [4.69, 9.17) is 24.4 Å². The van der Waals surface area contributed by atoms with Gasteiger partial charge in [-0.15, -0.1) is 0 Å². The van der Waals surface area contributed by atoms with Crippen LogP contribution in [0.4, 0.5) is 0 Å². The monoisotopic (exact) mass is 384 g/mol. The third kappa shape index (κ3) is 3.80. The molecule has 3 unspecified atom stereocenters. The third-order valence-electron chi connectivity index (χ3n) is 4.16. The summed E-state index contributed by atoms with van der Waals surface area (Å²) in [5.41, 5.74) is 0. The summed E-state index contributed by atoms with van der Waals surface area (Å²) in [6.07, 6.45) is -18.5. The Bertz CT molecular complexity index is 526. The molecule has 0 amide bonds. The minimum Gasteiger partial charge on any atom is -0.479 e. The van der Waals surface area contributed by atoms with Crippen LogP contribution >= 0.6 is 0 Å². The predicted octanol–water partition coefficient (Wildman–Crippen LogP) is -4.56. The van der Waals surface area contributed by atoms with E-state index in [1.165, 1.54) is 0 Å². The number of ether oxygens (including phenoxy) is 4. The maximum Gasteiger partial charge on any atom is 0.335 e. The molecule has 2 aliphatic rings. The summed E-state index contributed by atoms with van der Waals surface area (Å²) in [6, 6.07) is 0. The fraction of sp³-hybridized carbons (Fsp3) is 0.846. The molecule has 0 aliphatic carbocycles. The highest BCUT2D eigenvalue weighted by Gasteiger charge is 2.53. The van der Waals surface area contributed by atoms with Crippen LogP contribution in [-0.2, 0) is 28.5 Å². The summed E-state index contributed by atoms with van der Waals surface area (Å²) < 4.78 is 19.6. The molecule has 7 N–H and O–H groups in total. The number of aliphatic hydroxyl groups is 5. The highest BCUT2D eigenvalue weighted by atomic mass is 16.7. The fourth-order valence-electron chi connectivity index (χ4n) is 2.77. The van der Waals surface area contributed by atoms with E-state index < -0.39 is 73.4 Å². The van der Waals surface area contributed by atoms with Gasteiger partial charge >= 0.3 is 11.9 Å². The van der Waals surface area contributed by atoms with E-state index >= 15 is 0 Å². The normalized spacial score (nSPS) is 46.7. The minimum atomic E-state index is -2.02. The van der Waals surface area contributed by atoms with Gasteiger partial charge in [-0.05, 0) is 0 Å². The third-order valence-corrected chi connectivity index (χ3v) is 4.16. The van der Waals surface area contributed by atoms with E-state index in [1.807, 2.05) is 0 Å². The van der Waals surface area contributed by atoms with Gasteiger partial charge < -0.3 is 54.7 Å². The van der Waals surface area contributed by atoms with Crippen LogP contribution in [0.1, 0.15) is 0 Å². The number of hydrogen-bond acceptors (Lipinski definition) is 11. The van der Waals surface area contributed by atoms with Gasteiger partial charge in [-0.1, -0.05) is 0 Å². The Balaban J connectivity index is 2.23. The first-order chi connectivity index (χ1) is 12.1. The molecular weight excluding hydrogens is 364 g/mol. The SMILES string of the molecule is CO[C@H]1C(C(=O)O)OC(O[C@H]2C(C(=O)O)O[C@@H](O)[C@H](O)[C@H]2O)[C@@H](O)[C@@H]1O. The van der Waals surface area contributed by atoms with Gasteiger partial charge in [0.15, 0.2) is 24.8 Å². The fourth-order valence-corrected chi connectivity index (χ4v) is 2.77. The van der Waals surface area contributed by atoms with Crippen LogP contribution in [0.3, 0.4) is 0 Å². The quantitative estimate of drug-likeness (QED) is 0.238. The van der Waals surface area contributed by atoms with Crippen LogP contribution in [0.25, 0.3) is 0 Å². The van der Waals surface area contributed by atoms with E-state index in [0.717, 1.165) is 7.11 Å². The predicted molar refractivity (Wildman–Crippen MR) is 74.5 cm³/mol. The summed E-state index contributed by atoms with van der Waals surface area (Å²) in [5.74, 6) is -3.22. The molecule has 0 saturated carbocycles. The maximum atomic E-state index is 11.3. The number of hydrogen-bond donors (Lipinski definition) is 7. The molecule has 2 fully saturated rings. The molecule has 2 saturated heterocycles. The number of aliphatic carboxylic acids is 2. The largest absolute Gasteiger partial charge is 0.479 e. The van der Waals surface area contributed by atoms with Gasteiger partial charge in [0.1, 0.15) is 36.6 Å². The van der Waals surface area contributed by atoms with Crippen molar-refractivity contribution >= 4 is 11.9 Å². The molecule has 2 aliphatic heterocycles. The lowest BCUT2D eigenvalue weighted by molar-refractivity contribution is -0.347. The van der Waals surface area contributed by atoms with Crippen LogP contribution < -0.4 is 0 Å². The second kappa shape index (κ2) is 8.08. The highest BCUT2D eigenvalue weighted by Crippen LogP contribution is 2.29. The number of carboxylic acids is 2.